The maximum Gasteiger partial charge on any atom is 0.280 e. The van der Waals surface area contributed by atoms with Crippen molar-refractivity contribution in [2.45, 2.75) is 39.3 Å². The van der Waals surface area contributed by atoms with E-state index in [2.05, 4.69) is 4.72 Å². The maximum absolute atomic E-state index is 12.4. The second-order valence-corrected chi connectivity index (χ2v) is 7.43. The number of rotatable bonds is 7. The topological polar surface area (TPSA) is 75.4 Å². The second kappa shape index (κ2) is 6.11. The molecule has 0 aliphatic heterocycles. The van der Waals surface area contributed by atoms with Crippen LogP contribution in [-0.4, -0.2) is 25.3 Å². The summed E-state index contributed by atoms with van der Waals surface area (Å²) in [4.78, 5) is 0. The molecule has 0 unspecified atom stereocenters. The fourth-order valence-corrected chi connectivity index (χ4v) is 3.60. The van der Waals surface area contributed by atoms with Crippen LogP contribution >= 0.6 is 0 Å². The van der Waals surface area contributed by atoms with Crippen molar-refractivity contribution in [3.05, 3.63) is 29.8 Å². The van der Waals surface area contributed by atoms with E-state index in [4.69, 9.17) is 5.73 Å². The normalized spacial score (nSPS) is 16.0. The zero-order valence-corrected chi connectivity index (χ0v) is 12.9. The van der Waals surface area contributed by atoms with Crippen LogP contribution in [0.5, 0.6) is 0 Å². The molecule has 0 radical (unpaired) electrons. The zero-order chi connectivity index (χ0) is 14.8. The van der Waals surface area contributed by atoms with Crippen LogP contribution in [0, 0.1) is 5.92 Å². The molecule has 112 valence electrons. The molecule has 0 bridgehead atoms. The van der Waals surface area contributed by atoms with Crippen molar-refractivity contribution in [3.8, 4) is 0 Å². The van der Waals surface area contributed by atoms with E-state index in [9.17, 15) is 8.42 Å². The highest BCUT2D eigenvalue weighted by Crippen LogP contribution is 2.31. The number of anilines is 1. The third kappa shape index (κ3) is 3.94. The number of hydrogen-bond acceptors (Lipinski definition) is 3. The van der Waals surface area contributed by atoms with Crippen LogP contribution in [0.1, 0.15) is 32.3 Å². The Morgan fingerprint density at radius 3 is 2.55 bits per heavy atom. The Balaban J connectivity index is 2.13. The van der Waals surface area contributed by atoms with E-state index in [1.165, 1.54) is 0 Å². The molecule has 0 aromatic heterocycles. The number of benzene rings is 1. The number of nitrogens with two attached hydrogens (primary N) is 1. The second-order valence-electron chi connectivity index (χ2n) is 5.72. The number of nitrogens with zero attached hydrogens (tertiary/aromatic N) is 1. The average Bonchev–Trinajstić information content (AvgIpc) is 3.19. The van der Waals surface area contributed by atoms with Gasteiger partial charge in [-0.25, -0.2) is 4.72 Å². The first kappa shape index (κ1) is 15.3. The van der Waals surface area contributed by atoms with Crippen molar-refractivity contribution in [2.24, 2.45) is 5.92 Å². The van der Waals surface area contributed by atoms with Gasteiger partial charge in [0.1, 0.15) is 0 Å². The predicted molar refractivity (Wildman–Crippen MR) is 81.2 cm³/mol. The standard InChI is InChI=1S/C14H23N3O2S/c1-11(2)9-16-20(18,19)17(13-7-8-13)10-12-5-3-4-6-14(12)15/h3-6,11,13,16H,7-10,15H2,1-2H3. The molecule has 2 rings (SSSR count). The molecule has 0 atom stereocenters. The summed E-state index contributed by atoms with van der Waals surface area (Å²) in [6.45, 7) is 4.76. The molecule has 6 heteroatoms. The smallest absolute Gasteiger partial charge is 0.280 e. The fraction of sp³-hybridized carbons (Fsp3) is 0.571. The van der Waals surface area contributed by atoms with E-state index in [0.717, 1.165) is 18.4 Å². The molecule has 0 heterocycles. The molecule has 20 heavy (non-hydrogen) atoms. The summed E-state index contributed by atoms with van der Waals surface area (Å²) in [5.41, 5.74) is 7.41. The minimum absolute atomic E-state index is 0.110. The molecule has 1 fully saturated rings. The Kier molecular flexibility index (Phi) is 4.67. The number of para-hydroxylation sites is 1. The lowest BCUT2D eigenvalue weighted by Gasteiger charge is -2.23. The summed E-state index contributed by atoms with van der Waals surface area (Å²) in [7, 11) is -3.44. The quantitative estimate of drug-likeness (QED) is 0.753. The summed E-state index contributed by atoms with van der Waals surface area (Å²) >= 11 is 0. The van der Waals surface area contributed by atoms with E-state index < -0.39 is 10.2 Å². The lowest BCUT2D eigenvalue weighted by Crippen LogP contribution is -2.43. The van der Waals surface area contributed by atoms with Gasteiger partial charge in [-0.1, -0.05) is 32.0 Å². The van der Waals surface area contributed by atoms with Crippen LogP contribution in [-0.2, 0) is 16.8 Å². The minimum atomic E-state index is -3.44. The van der Waals surface area contributed by atoms with Crippen molar-refractivity contribution >= 4 is 15.9 Å². The third-order valence-electron chi connectivity index (χ3n) is 3.32. The van der Waals surface area contributed by atoms with Crippen molar-refractivity contribution in [2.75, 3.05) is 12.3 Å². The van der Waals surface area contributed by atoms with E-state index in [-0.39, 0.29) is 12.0 Å². The van der Waals surface area contributed by atoms with Crippen molar-refractivity contribution in [1.82, 2.24) is 9.03 Å². The average molecular weight is 297 g/mol. The number of nitrogen functional groups attached to an aromatic ring is 1. The molecule has 0 spiro atoms. The van der Waals surface area contributed by atoms with Crippen LogP contribution in [0.15, 0.2) is 24.3 Å². The molecule has 1 saturated carbocycles. The third-order valence-corrected chi connectivity index (χ3v) is 4.89. The highest BCUT2D eigenvalue weighted by molar-refractivity contribution is 7.87. The molecule has 0 amide bonds. The molecule has 1 aromatic rings. The summed E-state index contributed by atoms with van der Waals surface area (Å²) in [6.07, 6.45) is 1.85. The highest BCUT2D eigenvalue weighted by atomic mass is 32.2. The van der Waals surface area contributed by atoms with Crippen LogP contribution in [0.25, 0.3) is 0 Å². The zero-order valence-electron chi connectivity index (χ0n) is 12.0. The molecule has 1 aliphatic carbocycles. The van der Waals surface area contributed by atoms with Gasteiger partial charge >= 0.3 is 0 Å². The lowest BCUT2D eigenvalue weighted by atomic mass is 10.2. The molecule has 5 nitrogen and oxygen atoms in total. The molecule has 1 aromatic carbocycles. The minimum Gasteiger partial charge on any atom is -0.398 e. The first-order chi connectivity index (χ1) is 9.40. The summed E-state index contributed by atoms with van der Waals surface area (Å²) in [5.74, 6) is 0.285. The largest absolute Gasteiger partial charge is 0.398 e. The Labute approximate surface area is 121 Å². The fourth-order valence-electron chi connectivity index (χ4n) is 1.97. The van der Waals surface area contributed by atoms with Gasteiger partial charge in [0, 0.05) is 24.8 Å². The molecular formula is C14H23N3O2S. The van der Waals surface area contributed by atoms with Crippen LogP contribution in [0.2, 0.25) is 0 Å². The van der Waals surface area contributed by atoms with E-state index in [1.54, 1.807) is 10.4 Å². The Morgan fingerprint density at radius 2 is 2.00 bits per heavy atom. The van der Waals surface area contributed by atoms with Crippen LogP contribution < -0.4 is 10.5 Å². The first-order valence-corrected chi connectivity index (χ1v) is 8.44. The Bertz CT molecular complexity index is 553. The van der Waals surface area contributed by atoms with E-state index in [1.807, 2.05) is 32.0 Å². The van der Waals surface area contributed by atoms with E-state index in [0.29, 0.717) is 18.8 Å². The Morgan fingerprint density at radius 1 is 1.35 bits per heavy atom. The summed E-state index contributed by atoms with van der Waals surface area (Å²) < 4.78 is 29.0. The number of nitrogens with one attached hydrogen (secondary N) is 1. The summed E-state index contributed by atoms with van der Waals surface area (Å²) in [5, 5.41) is 0. The van der Waals surface area contributed by atoms with Crippen LogP contribution in [0.4, 0.5) is 5.69 Å². The SMILES string of the molecule is CC(C)CNS(=O)(=O)N(Cc1ccccc1N)C1CC1. The lowest BCUT2D eigenvalue weighted by molar-refractivity contribution is 0.388. The van der Waals surface area contributed by atoms with Gasteiger partial charge in [0.25, 0.3) is 10.2 Å². The van der Waals surface area contributed by atoms with Gasteiger partial charge in [-0.15, -0.1) is 0 Å². The molecule has 1 aliphatic rings. The molecular weight excluding hydrogens is 274 g/mol. The van der Waals surface area contributed by atoms with Crippen molar-refractivity contribution in [3.63, 3.8) is 0 Å². The first-order valence-electron chi connectivity index (χ1n) is 7.00. The molecule has 3 N–H and O–H groups in total. The molecule has 0 saturated heterocycles. The Hall–Kier alpha value is -1.11. The van der Waals surface area contributed by atoms with Crippen molar-refractivity contribution in [1.29, 1.82) is 0 Å². The van der Waals surface area contributed by atoms with Gasteiger partial charge in [-0.3, -0.25) is 0 Å². The van der Waals surface area contributed by atoms with Gasteiger partial charge in [0.2, 0.25) is 0 Å². The van der Waals surface area contributed by atoms with E-state index >= 15 is 0 Å². The predicted octanol–water partition coefficient (Wildman–Crippen LogP) is 1.72. The summed E-state index contributed by atoms with van der Waals surface area (Å²) in [6, 6.07) is 7.52. The highest BCUT2D eigenvalue weighted by Gasteiger charge is 2.37. The monoisotopic (exact) mass is 297 g/mol. The number of hydrogen-bond donors (Lipinski definition) is 2. The van der Waals surface area contributed by atoms with Gasteiger partial charge in [-0.05, 0) is 30.4 Å². The van der Waals surface area contributed by atoms with Gasteiger partial charge in [-0.2, -0.15) is 12.7 Å². The van der Waals surface area contributed by atoms with Gasteiger partial charge in [0.15, 0.2) is 0 Å². The van der Waals surface area contributed by atoms with Crippen LogP contribution in [0.3, 0.4) is 0 Å². The van der Waals surface area contributed by atoms with Gasteiger partial charge < -0.3 is 5.73 Å². The van der Waals surface area contributed by atoms with Gasteiger partial charge in [0.05, 0.1) is 0 Å². The maximum atomic E-state index is 12.4. The van der Waals surface area contributed by atoms with Crippen molar-refractivity contribution < 1.29 is 8.42 Å².